The zero-order chi connectivity index (χ0) is 34.6. The van der Waals surface area contributed by atoms with Gasteiger partial charge in [-0.3, -0.25) is 4.90 Å². The Morgan fingerprint density at radius 3 is 2.00 bits per heavy atom. The number of nitrogens with zero attached hydrogens (tertiary/aromatic N) is 10. The number of carbonyl (C=O) groups excluding carboxylic acids is 1. The normalized spacial score (nSPS) is 26.9. The molecule has 16 heteroatoms. The first kappa shape index (κ1) is 35.0. The Kier molecular flexibility index (Phi) is 12.3. The van der Waals surface area contributed by atoms with Crippen LogP contribution in [0.15, 0.2) is 106 Å². The van der Waals surface area contributed by atoms with E-state index in [1.54, 1.807) is 4.90 Å². The third kappa shape index (κ3) is 8.79. The van der Waals surface area contributed by atoms with Gasteiger partial charge in [0.25, 0.3) is 0 Å². The van der Waals surface area contributed by atoms with Gasteiger partial charge in [-0.2, -0.15) is 0 Å². The molecule has 254 valence electrons. The molecule has 2 fully saturated rings. The lowest BCUT2D eigenvalue weighted by molar-refractivity contribution is -0.260. The largest absolute Gasteiger partial charge is 0.445 e. The first-order chi connectivity index (χ1) is 23.9. The van der Waals surface area contributed by atoms with Gasteiger partial charge >= 0.3 is 6.09 Å². The Bertz CT molecular complexity index is 1670. The Morgan fingerprint density at radius 2 is 1.37 bits per heavy atom. The molecule has 0 radical (unpaired) electrons. The zero-order valence-corrected chi connectivity index (χ0v) is 26.4. The number of rotatable bonds is 12. The summed E-state index contributed by atoms with van der Waals surface area (Å²) in [5.74, 6) is 0. The molecule has 1 aliphatic carbocycles. The molecule has 1 saturated carbocycles. The average Bonchev–Trinajstić information content (AvgIpc) is 3.13. The Morgan fingerprint density at radius 1 is 0.796 bits per heavy atom. The Labute approximate surface area is 281 Å². The van der Waals surface area contributed by atoms with Gasteiger partial charge in [-0.25, -0.2) is 4.79 Å². The lowest BCUT2D eigenvalue weighted by Crippen LogP contribution is -2.58. The van der Waals surface area contributed by atoms with E-state index in [4.69, 9.17) is 19.7 Å². The van der Waals surface area contributed by atoms with E-state index in [0.717, 1.165) is 16.7 Å². The van der Waals surface area contributed by atoms with Gasteiger partial charge in [-0.05, 0) is 52.5 Å². The fourth-order valence-corrected chi connectivity index (χ4v) is 6.30. The minimum absolute atomic E-state index is 0.0439. The van der Waals surface area contributed by atoms with Crippen LogP contribution < -0.4 is 0 Å². The van der Waals surface area contributed by atoms with Gasteiger partial charge in [0.15, 0.2) is 6.29 Å². The molecule has 9 unspecified atom stereocenters. The van der Waals surface area contributed by atoms with Gasteiger partial charge < -0.3 is 24.4 Å². The van der Waals surface area contributed by atoms with Crippen molar-refractivity contribution >= 4 is 6.09 Å². The van der Waals surface area contributed by atoms with Crippen molar-refractivity contribution in [2.24, 2.45) is 15.3 Å². The van der Waals surface area contributed by atoms with Crippen molar-refractivity contribution in [2.75, 3.05) is 0 Å². The smallest absolute Gasteiger partial charge is 0.411 e. The van der Waals surface area contributed by atoms with Crippen LogP contribution in [0.3, 0.4) is 0 Å². The second kappa shape index (κ2) is 17.2. The topological polar surface area (TPSA) is 235 Å². The maximum absolute atomic E-state index is 14.0. The third-order valence-corrected chi connectivity index (χ3v) is 8.67. The molecule has 0 bridgehead atoms. The number of benzene rings is 3. The fourth-order valence-electron chi connectivity index (χ4n) is 6.30. The lowest BCUT2D eigenvalue weighted by Gasteiger charge is -2.45. The monoisotopic (exact) mass is 668 g/mol. The number of amides is 1. The average molecular weight is 669 g/mol. The van der Waals surface area contributed by atoms with Gasteiger partial charge in [0.1, 0.15) is 12.7 Å². The number of ether oxygens (including phenoxy) is 3. The summed E-state index contributed by atoms with van der Waals surface area (Å²) in [7, 11) is 0. The first-order valence-electron chi connectivity index (χ1n) is 15.8. The van der Waals surface area contributed by atoms with Gasteiger partial charge in [0, 0.05) is 21.3 Å². The predicted octanol–water partition coefficient (Wildman–Crippen LogP) is 6.62. The standard InChI is InChI=1S/C33H36N10O6/c34-40-37-24-16-17-27(48-32(24)49-31-26(39-42-36)18-25(38-41-35)29(44)30(31)45)28(23-14-8-3-9-15-23)43(19-21-10-4-1-5-11-21)33(46)47-20-22-12-6-2-7-13-22/h1-15,24-32,44-45H,16-20H2. The molecule has 0 aromatic heterocycles. The van der Waals surface area contributed by atoms with Gasteiger partial charge in [0.05, 0.1) is 42.5 Å². The molecular weight excluding hydrogens is 632 g/mol. The van der Waals surface area contributed by atoms with E-state index in [-0.39, 0.29) is 26.0 Å². The summed E-state index contributed by atoms with van der Waals surface area (Å²) in [6, 6.07) is 24.4. The highest BCUT2D eigenvalue weighted by Gasteiger charge is 2.47. The van der Waals surface area contributed by atoms with Crippen molar-refractivity contribution < 1.29 is 29.2 Å². The molecule has 1 heterocycles. The molecule has 5 rings (SSSR count). The predicted molar refractivity (Wildman–Crippen MR) is 176 cm³/mol. The summed E-state index contributed by atoms with van der Waals surface area (Å²) >= 11 is 0. The van der Waals surface area contributed by atoms with Crippen molar-refractivity contribution in [3.8, 4) is 0 Å². The summed E-state index contributed by atoms with van der Waals surface area (Å²) in [4.78, 5) is 24.2. The SMILES string of the molecule is [N-]=[N+]=NC1CCC(C(c2ccccc2)N(Cc2ccccc2)C(=O)OCc2ccccc2)OC1OC1C(N=[N+]=[N-])CC(N=[N+]=[N-])C(O)C1O. The Hall–Kier alpha value is -5.30. The molecule has 9 atom stereocenters. The van der Waals surface area contributed by atoms with Crippen molar-refractivity contribution in [1.29, 1.82) is 0 Å². The second-order valence-corrected chi connectivity index (χ2v) is 11.8. The molecule has 3 aromatic carbocycles. The van der Waals surface area contributed by atoms with Crippen LogP contribution in [0.25, 0.3) is 31.3 Å². The minimum Gasteiger partial charge on any atom is -0.445 e. The van der Waals surface area contributed by atoms with E-state index >= 15 is 0 Å². The molecular formula is C33H36N10O6. The summed E-state index contributed by atoms with van der Waals surface area (Å²) in [5.41, 5.74) is 30.0. The summed E-state index contributed by atoms with van der Waals surface area (Å²) in [6.45, 7) is 0.217. The second-order valence-electron chi connectivity index (χ2n) is 11.8. The zero-order valence-electron chi connectivity index (χ0n) is 26.4. The number of aliphatic hydroxyl groups is 2. The van der Waals surface area contributed by atoms with Crippen LogP contribution >= 0.6 is 0 Å². The van der Waals surface area contributed by atoms with Crippen LogP contribution in [-0.4, -0.2) is 70.0 Å². The maximum atomic E-state index is 14.0. The highest BCUT2D eigenvalue weighted by atomic mass is 16.7. The molecule has 49 heavy (non-hydrogen) atoms. The molecule has 2 aliphatic rings. The molecule has 1 saturated heterocycles. The summed E-state index contributed by atoms with van der Waals surface area (Å²) < 4.78 is 18.6. The fraction of sp³-hybridized carbons (Fsp3) is 0.424. The molecule has 1 amide bonds. The van der Waals surface area contributed by atoms with Crippen LogP contribution in [0.2, 0.25) is 0 Å². The third-order valence-electron chi connectivity index (χ3n) is 8.67. The van der Waals surface area contributed by atoms with Crippen molar-refractivity contribution in [1.82, 2.24) is 4.90 Å². The van der Waals surface area contributed by atoms with E-state index < -0.39 is 61.0 Å². The number of aliphatic hydroxyl groups excluding tert-OH is 2. The van der Waals surface area contributed by atoms with Crippen LogP contribution in [0.1, 0.15) is 42.0 Å². The minimum atomic E-state index is -1.64. The van der Waals surface area contributed by atoms with E-state index in [1.165, 1.54) is 0 Å². The van der Waals surface area contributed by atoms with E-state index in [2.05, 4.69) is 30.1 Å². The molecule has 1 aliphatic heterocycles. The number of azide groups is 3. The van der Waals surface area contributed by atoms with Crippen LogP contribution in [-0.2, 0) is 27.4 Å². The Balaban J connectivity index is 1.48. The van der Waals surface area contributed by atoms with Crippen LogP contribution in [0.4, 0.5) is 4.79 Å². The van der Waals surface area contributed by atoms with Gasteiger partial charge in [-0.1, -0.05) is 106 Å². The first-order valence-corrected chi connectivity index (χ1v) is 15.8. The summed E-state index contributed by atoms with van der Waals surface area (Å²) in [6.07, 6.45) is -6.55. The number of carbonyl (C=O) groups is 1. The van der Waals surface area contributed by atoms with Gasteiger partial charge in [0.2, 0.25) is 0 Å². The van der Waals surface area contributed by atoms with E-state index in [9.17, 15) is 26.1 Å². The highest BCUT2D eigenvalue weighted by Crippen LogP contribution is 2.38. The number of hydrogen-bond donors (Lipinski definition) is 2. The van der Waals surface area contributed by atoms with E-state index in [1.807, 2.05) is 91.0 Å². The maximum Gasteiger partial charge on any atom is 0.411 e. The van der Waals surface area contributed by atoms with Crippen molar-refractivity contribution in [3.63, 3.8) is 0 Å². The molecule has 3 aromatic rings. The van der Waals surface area contributed by atoms with Crippen molar-refractivity contribution in [2.45, 2.75) is 87.3 Å². The highest BCUT2D eigenvalue weighted by molar-refractivity contribution is 5.68. The molecule has 2 N–H and O–H groups in total. The molecule has 16 nitrogen and oxygen atoms in total. The van der Waals surface area contributed by atoms with Crippen LogP contribution in [0, 0.1) is 0 Å². The number of hydrogen-bond acceptors (Lipinski definition) is 9. The van der Waals surface area contributed by atoms with E-state index in [0.29, 0.717) is 6.42 Å². The van der Waals surface area contributed by atoms with Crippen LogP contribution in [0.5, 0.6) is 0 Å². The summed E-state index contributed by atoms with van der Waals surface area (Å²) in [5, 5.41) is 32.9. The van der Waals surface area contributed by atoms with Gasteiger partial charge in [-0.15, -0.1) is 0 Å². The van der Waals surface area contributed by atoms with Crippen molar-refractivity contribution in [3.05, 3.63) is 139 Å². The lowest BCUT2D eigenvalue weighted by atomic mass is 9.84. The quantitative estimate of drug-likeness (QED) is 0.122. The molecule has 0 spiro atoms.